The number of benzene rings is 1. The average Bonchev–Trinajstić information content (AvgIpc) is 3.25. The second-order valence-corrected chi connectivity index (χ2v) is 8.96. The highest BCUT2D eigenvalue weighted by Crippen LogP contribution is 2.43. The molecule has 1 aliphatic heterocycles. The van der Waals surface area contributed by atoms with Crippen molar-refractivity contribution in [2.24, 2.45) is 0 Å². The molecule has 0 amide bonds. The fourth-order valence-electron chi connectivity index (χ4n) is 3.55. The predicted molar refractivity (Wildman–Crippen MR) is 115 cm³/mol. The van der Waals surface area contributed by atoms with Gasteiger partial charge in [0.05, 0.1) is 5.56 Å². The number of rotatable bonds is 5. The Kier molecular flexibility index (Phi) is 5.67. The van der Waals surface area contributed by atoms with Crippen LogP contribution in [0.3, 0.4) is 0 Å². The Morgan fingerprint density at radius 2 is 2.10 bits per heavy atom. The molecular weight excluding hydrogens is 402 g/mol. The van der Waals surface area contributed by atoms with Crippen molar-refractivity contribution in [3.05, 3.63) is 70.2 Å². The van der Waals surface area contributed by atoms with E-state index in [0.29, 0.717) is 16.2 Å². The molecule has 1 atom stereocenters. The first kappa shape index (κ1) is 19.6. The summed E-state index contributed by atoms with van der Waals surface area (Å²) in [6.07, 6.45) is 0.784. The lowest BCUT2D eigenvalue weighted by atomic mass is 9.96. The van der Waals surface area contributed by atoms with Crippen LogP contribution in [0.15, 0.2) is 52.9 Å². The highest BCUT2D eigenvalue weighted by molar-refractivity contribution is 8.00. The van der Waals surface area contributed by atoms with E-state index < -0.39 is 11.2 Å². The summed E-state index contributed by atoms with van der Waals surface area (Å²) in [5.74, 6) is -0.943. The van der Waals surface area contributed by atoms with E-state index in [4.69, 9.17) is 4.98 Å². The zero-order valence-corrected chi connectivity index (χ0v) is 17.5. The monoisotopic (exact) mass is 421 g/mol. The van der Waals surface area contributed by atoms with Crippen molar-refractivity contribution in [1.82, 2.24) is 9.88 Å². The van der Waals surface area contributed by atoms with E-state index in [1.807, 2.05) is 35.7 Å². The number of likely N-dealkylation sites (N-methyl/N-ethyl adjacent to an activating group) is 1. The van der Waals surface area contributed by atoms with Gasteiger partial charge in [0.15, 0.2) is 0 Å². The third-order valence-corrected chi connectivity index (χ3v) is 7.06. The summed E-state index contributed by atoms with van der Waals surface area (Å²) in [6.45, 7) is 1.62. The van der Waals surface area contributed by atoms with Crippen molar-refractivity contribution in [3.63, 3.8) is 0 Å². The molecule has 1 aromatic carbocycles. The first-order valence-electron chi connectivity index (χ1n) is 9.21. The number of thioether (sulfide) groups is 1. The van der Waals surface area contributed by atoms with Crippen molar-refractivity contribution < 1.29 is 9.90 Å². The fraction of sp³-hybridized carbons (Fsp3) is 0.227. The van der Waals surface area contributed by atoms with Gasteiger partial charge in [0, 0.05) is 35.6 Å². The highest BCUT2D eigenvalue weighted by Gasteiger charge is 2.29. The molecule has 0 saturated heterocycles. The van der Waals surface area contributed by atoms with Gasteiger partial charge in [-0.05, 0) is 29.6 Å². The molecule has 0 spiro atoms. The van der Waals surface area contributed by atoms with Crippen molar-refractivity contribution in [3.8, 4) is 16.5 Å². The number of hydrogen-bond acceptors (Lipinski definition) is 6. The number of carboxylic acids is 1. The van der Waals surface area contributed by atoms with Gasteiger partial charge in [-0.3, -0.25) is 4.79 Å². The zero-order valence-electron chi connectivity index (χ0n) is 15.8. The fourth-order valence-corrected chi connectivity index (χ4v) is 5.40. The third kappa shape index (κ3) is 3.92. The summed E-state index contributed by atoms with van der Waals surface area (Å²) in [7, 11) is 2.06. The Labute approximate surface area is 177 Å². The van der Waals surface area contributed by atoms with Crippen LogP contribution in [0.5, 0.6) is 0 Å². The van der Waals surface area contributed by atoms with Crippen LogP contribution in [-0.2, 0) is 17.8 Å². The number of carboxylic acid groups (broad SMARTS) is 1. The first-order chi connectivity index (χ1) is 14.1. The largest absolute Gasteiger partial charge is 0.480 e. The Morgan fingerprint density at radius 1 is 1.31 bits per heavy atom. The van der Waals surface area contributed by atoms with Gasteiger partial charge in [0.1, 0.15) is 16.3 Å². The quantitative estimate of drug-likeness (QED) is 0.607. The van der Waals surface area contributed by atoms with Gasteiger partial charge in [-0.2, -0.15) is 5.26 Å². The van der Waals surface area contributed by atoms with Gasteiger partial charge < -0.3 is 10.0 Å². The number of nitrogens with zero attached hydrogens (tertiary/aromatic N) is 3. The molecule has 5 nitrogen and oxygen atoms in total. The minimum absolute atomic E-state index is 0.466. The number of aliphatic carboxylic acids is 1. The van der Waals surface area contributed by atoms with Crippen LogP contribution >= 0.6 is 23.1 Å². The maximum Gasteiger partial charge on any atom is 0.321 e. The molecular formula is C22H19N3O2S2. The predicted octanol–water partition coefficient (Wildman–Crippen LogP) is 4.59. The number of carbonyl (C=O) groups is 1. The van der Waals surface area contributed by atoms with Crippen LogP contribution in [0.2, 0.25) is 0 Å². The van der Waals surface area contributed by atoms with Crippen LogP contribution in [0.4, 0.5) is 0 Å². The third-order valence-electron chi connectivity index (χ3n) is 4.94. The molecule has 2 aromatic heterocycles. The topological polar surface area (TPSA) is 77.2 Å². The molecule has 0 saturated carbocycles. The van der Waals surface area contributed by atoms with Gasteiger partial charge in [-0.25, -0.2) is 4.98 Å². The minimum atomic E-state index is -0.943. The van der Waals surface area contributed by atoms with Gasteiger partial charge in [-0.1, -0.05) is 48.2 Å². The molecule has 0 fully saturated rings. The summed E-state index contributed by atoms with van der Waals surface area (Å²) >= 11 is 2.73. The molecule has 3 heterocycles. The van der Waals surface area contributed by atoms with E-state index in [2.05, 4.69) is 18.0 Å². The summed E-state index contributed by atoms with van der Waals surface area (Å²) in [5.41, 5.74) is 4.09. The average molecular weight is 422 g/mol. The lowest BCUT2D eigenvalue weighted by molar-refractivity contribution is -0.136. The number of hydrogen-bond donors (Lipinski definition) is 1. The van der Waals surface area contributed by atoms with Gasteiger partial charge in [-0.15, -0.1) is 11.3 Å². The van der Waals surface area contributed by atoms with Crippen LogP contribution in [0.1, 0.15) is 27.6 Å². The highest BCUT2D eigenvalue weighted by atomic mass is 32.2. The van der Waals surface area contributed by atoms with Crippen LogP contribution in [0, 0.1) is 11.3 Å². The molecule has 1 N–H and O–H groups in total. The van der Waals surface area contributed by atoms with Crippen molar-refractivity contribution >= 4 is 29.1 Å². The van der Waals surface area contributed by atoms with Crippen LogP contribution in [0.25, 0.3) is 10.4 Å². The number of thiophene rings is 1. The molecule has 7 heteroatoms. The smallest absolute Gasteiger partial charge is 0.321 e. The summed E-state index contributed by atoms with van der Waals surface area (Å²) in [5, 5.41) is 21.5. The number of pyridine rings is 1. The van der Waals surface area contributed by atoms with Crippen molar-refractivity contribution in [2.45, 2.75) is 23.2 Å². The molecule has 1 aliphatic rings. The maximum atomic E-state index is 12.0. The van der Waals surface area contributed by atoms with E-state index >= 15 is 0 Å². The Balaban J connectivity index is 1.87. The van der Waals surface area contributed by atoms with Gasteiger partial charge in [0.25, 0.3) is 0 Å². The lowest BCUT2D eigenvalue weighted by Crippen LogP contribution is -2.28. The van der Waals surface area contributed by atoms with E-state index in [1.165, 1.54) is 0 Å². The molecule has 0 aliphatic carbocycles. The van der Waals surface area contributed by atoms with Crippen molar-refractivity contribution in [2.75, 3.05) is 13.6 Å². The molecule has 0 radical (unpaired) electrons. The van der Waals surface area contributed by atoms with Crippen molar-refractivity contribution in [1.29, 1.82) is 5.26 Å². The first-order valence-corrected chi connectivity index (χ1v) is 11.0. The summed E-state index contributed by atoms with van der Waals surface area (Å²) < 4.78 is 0. The standard InChI is InChI=1S/C22H19N3O2S2/c1-25-10-9-17-16(13-25)19(18-8-5-11-28-18)15(12-23)21(24-17)29-20(22(26)27)14-6-3-2-4-7-14/h2-8,11,20H,9-10,13H2,1H3,(H,26,27)/t20-/m0/s1. The van der Waals surface area contributed by atoms with E-state index in [9.17, 15) is 15.2 Å². The van der Waals surface area contributed by atoms with E-state index in [-0.39, 0.29) is 0 Å². The Bertz CT molecular complexity index is 1080. The summed E-state index contributed by atoms with van der Waals surface area (Å²) in [4.78, 5) is 20.0. The Hall–Kier alpha value is -2.66. The molecule has 146 valence electrons. The molecule has 0 bridgehead atoms. The molecule has 4 rings (SSSR count). The number of nitriles is 1. The molecule has 29 heavy (non-hydrogen) atoms. The second kappa shape index (κ2) is 8.37. The van der Waals surface area contributed by atoms with E-state index in [1.54, 1.807) is 23.5 Å². The number of aromatic nitrogens is 1. The van der Waals surface area contributed by atoms with Crippen LogP contribution < -0.4 is 0 Å². The van der Waals surface area contributed by atoms with E-state index in [0.717, 1.165) is 53.0 Å². The maximum absolute atomic E-state index is 12.0. The summed E-state index contributed by atoms with van der Waals surface area (Å²) in [6, 6.07) is 15.4. The minimum Gasteiger partial charge on any atom is -0.480 e. The molecule has 3 aromatic rings. The zero-order chi connectivity index (χ0) is 20.4. The van der Waals surface area contributed by atoms with Gasteiger partial charge >= 0.3 is 5.97 Å². The number of fused-ring (bicyclic) bond motifs is 1. The lowest BCUT2D eigenvalue weighted by Gasteiger charge is -2.28. The second-order valence-electron chi connectivity index (χ2n) is 6.92. The molecule has 0 unspecified atom stereocenters. The normalized spacial score (nSPS) is 14.8. The SMILES string of the molecule is CN1CCc2nc(S[C@H](C(=O)O)c3ccccc3)c(C#N)c(-c3cccs3)c2C1. The Morgan fingerprint density at radius 3 is 2.76 bits per heavy atom. The van der Waals surface area contributed by atoms with Crippen LogP contribution in [-0.4, -0.2) is 34.6 Å². The van der Waals surface area contributed by atoms with Gasteiger partial charge in [0.2, 0.25) is 0 Å².